The van der Waals surface area contributed by atoms with Crippen molar-refractivity contribution in [2.75, 3.05) is 6.54 Å². The zero-order chi connectivity index (χ0) is 12.7. The molecular weight excluding hydrogens is 222 g/mol. The van der Waals surface area contributed by atoms with Crippen molar-refractivity contribution in [1.82, 2.24) is 5.32 Å². The molecule has 98 valence electrons. The summed E-state index contributed by atoms with van der Waals surface area (Å²) in [5.74, 6) is 4.62. The molecule has 1 saturated carbocycles. The number of nitrogens with one attached hydrogen (secondary N) is 1. The summed E-state index contributed by atoms with van der Waals surface area (Å²) in [6.07, 6.45) is 7.61. The molecule has 1 heterocycles. The first-order chi connectivity index (χ1) is 8.63. The maximum Gasteiger partial charge on any atom is 0.105 e. The lowest BCUT2D eigenvalue weighted by Crippen LogP contribution is -2.27. The monoisotopic (exact) mass is 245 g/mol. The van der Waals surface area contributed by atoms with Crippen molar-refractivity contribution >= 4 is 0 Å². The lowest BCUT2D eigenvalue weighted by Gasteiger charge is -2.21. The lowest BCUT2D eigenvalue weighted by atomic mass is 9.93. The maximum atomic E-state index is 5.61. The van der Waals surface area contributed by atoms with E-state index < -0.39 is 0 Å². The highest BCUT2D eigenvalue weighted by Crippen LogP contribution is 2.43. The van der Waals surface area contributed by atoms with Gasteiger partial charge in [-0.15, -0.1) is 0 Å². The van der Waals surface area contributed by atoms with E-state index in [4.69, 9.17) is 4.42 Å². The minimum absolute atomic E-state index is 0.394. The first kappa shape index (κ1) is 12.0. The SMILES string of the molecule is Cc1cc(C(C)NCC2CC3C=CC2C3)c(C)o1. The Hall–Kier alpha value is -1.02. The quantitative estimate of drug-likeness (QED) is 0.817. The normalized spacial score (nSPS) is 31.2. The third-order valence-electron chi connectivity index (χ3n) is 4.65. The number of hydrogen-bond acceptors (Lipinski definition) is 2. The molecule has 0 spiro atoms. The van der Waals surface area contributed by atoms with Crippen LogP contribution < -0.4 is 5.32 Å². The lowest BCUT2D eigenvalue weighted by molar-refractivity contribution is 0.390. The van der Waals surface area contributed by atoms with E-state index in [0.29, 0.717) is 6.04 Å². The second-order valence-electron chi connectivity index (χ2n) is 6.04. The van der Waals surface area contributed by atoms with Gasteiger partial charge in [0.25, 0.3) is 0 Å². The third kappa shape index (κ3) is 2.14. The molecule has 2 aliphatic carbocycles. The highest BCUT2D eigenvalue weighted by Gasteiger charge is 2.35. The van der Waals surface area contributed by atoms with Crippen LogP contribution in [0.2, 0.25) is 0 Å². The largest absolute Gasteiger partial charge is 0.466 e. The van der Waals surface area contributed by atoms with Gasteiger partial charge in [-0.2, -0.15) is 0 Å². The fourth-order valence-corrected chi connectivity index (χ4v) is 3.65. The van der Waals surface area contributed by atoms with Gasteiger partial charge in [0.05, 0.1) is 0 Å². The van der Waals surface area contributed by atoms with E-state index in [2.05, 4.69) is 37.4 Å². The first-order valence-electron chi connectivity index (χ1n) is 7.12. The van der Waals surface area contributed by atoms with Gasteiger partial charge in [-0.05, 0) is 64.0 Å². The molecule has 1 N–H and O–H groups in total. The molecule has 2 aliphatic rings. The molecule has 2 heteroatoms. The summed E-state index contributed by atoms with van der Waals surface area (Å²) in [6.45, 7) is 7.45. The van der Waals surface area contributed by atoms with Gasteiger partial charge in [-0.1, -0.05) is 12.2 Å². The van der Waals surface area contributed by atoms with Crippen LogP contribution in [0.1, 0.15) is 42.9 Å². The van der Waals surface area contributed by atoms with Crippen molar-refractivity contribution in [3.8, 4) is 0 Å². The Morgan fingerprint density at radius 2 is 2.17 bits per heavy atom. The highest BCUT2D eigenvalue weighted by atomic mass is 16.3. The van der Waals surface area contributed by atoms with Crippen LogP contribution in [0, 0.1) is 31.6 Å². The maximum absolute atomic E-state index is 5.61. The van der Waals surface area contributed by atoms with Gasteiger partial charge in [0.2, 0.25) is 0 Å². The van der Waals surface area contributed by atoms with Gasteiger partial charge in [0, 0.05) is 11.6 Å². The summed E-state index contributed by atoms with van der Waals surface area (Å²) >= 11 is 0. The van der Waals surface area contributed by atoms with Crippen molar-refractivity contribution < 1.29 is 4.42 Å². The zero-order valence-corrected chi connectivity index (χ0v) is 11.6. The van der Waals surface area contributed by atoms with Crippen LogP contribution in [0.15, 0.2) is 22.6 Å². The average molecular weight is 245 g/mol. The molecule has 0 aliphatic heterocycles. The Morgan fingerprint density at radius 1 is 1.33 bits per heavy atom. The van der Waals surface area contributed by atoms with Crippen molar-refractivity contribution in [2.24, 2.45) is 17.8 Å². The van der Waals surface area contributed by atoms with Crippen LogP contribution in [0.3, 0.4) is 0 Å². The minimum Gasteiger partial charge on any atom is -0.466 e. The summed E-state index contributed by atoms with van der Waals surface area (Å²) in [4.78, 5) is 0. The Balaban J connectivity index is 1.57. The molecule has 1 fully saturated rings. The van der Waals surface area contributed by atoms with Crippen LogP contribution in [-0.4, -0.2) is 6.54 Å². The molecule has 3 rings (SSSR count). The standard InChI is InChI=1S/C16H23NO/c1-10-6-16(12(3)18-10)11(2)17-9-15-8-13-4-5-14(15)7-13/h4-6,11,13-15,17H,7-9H2,1-3H3. The Kier molecular flexibility index (Phi) is 3.06. The van der Waals surface area contributed by atoms with E-state index in [9.17, 15) is 0 Å². The van der Waals surface area contributed by atoms with E-state index >= 15 is 0 Å². The van der Waals surface area contributed by atoms with E-state index in [1.165, 1.54) is 18.4 Å². The molecule has 18 heavy (non-hydrogen) atoms. The molecule has 0 aromatic carbocycles. The molecule has 2 nitrogen and oxygen atoms in total. The predicted molar refractivity (Wildman–Crippen MR) is 73.4 cm³/mol. The van der Waals surface area contributed by atoms with Crippen molar-refractivity contribution in [1.29, 1.82) is 0 Å². The summed E-state index contributed by atoms with van der Waals surface area (Å²) in [5, 5.41) is 3.69. The Morgan fingerprint density at radius 3 is 2.72 bits per heavy atom. The van der Waals surface area contributed by atoms with Crippen molar-refractivity contribution in [3.05, 3.63) is 35.3 Å². The fraction of sp³-hybridized carbons (Fsp3) is 0.625. The van der Waals surface area contributed by atoms with Gasteiger partial charge < -0.3 is 9.73 Å². The molecule has 0 radical (unpaired) electrons. The number of fused-ring (bicyclic) bond motifs is 2. The number of furan rings is 1. The third-order valence-corrected chi connectivity index (χ3v) is 4.65. The van der Waals surface area contributed by atoms with E-state index in [1.807, 2.05) is 6.92 Å². The van der Waals surface area contributed by atoms with E-state index in [0.717, 1.165) is 35.8 Å². The molecule has 0 amide bonds. The van der Waals surface area contributed by atoms with Gasteiger partial charge >= 0.3 is 0 Å². The van der Waals surface area contributed by atoms with E-state index in [1.54, 1.807) is 0 Å². The highest BCUT2D eigenvalue weighted by molar-refractivity contribution is 5.23. The van der Waals surface area contributed by atoms with Crippen molar-refractivity contribution in [3.63, 3.8) is 0 Å². The topological polar surface area (TPSA) is 25.2 Å². The molecule has 4 unspecified atom stereocenters. The molecule has 1 aromatic heterocycles. The molecule has 0 saturated heterocycles. The van der Waals surface area contributed by atoms with Crippen LogP contribution in [0.25, 0.3) is 0 Å². The summed E-state index contributed by atoms with van der Waals surface area (Å²) in [6, 6.07) is 2.55. The van der Waals surface area contributed by atoms with Crippen LogP contribution in [-0.2, 0) is 0 Å². The Bertz CT molecular complexity index is 460. The predicted octanol–water partition coefficient (Wildman–Crippen LogP) is 3.76. The fourth-order valence-electron chi connectivity index (χ4n) is 3.65. The summed E-state index contributed by atoms with van der Waals surface area (Å²) < 4.78 is 5.61. The number of allylic oxidation sites excluding steroid dienone is 2. The number of hydrogen-bond donors (Lipinski definition) is 1. The molecule has 4 atom stereocenters. The molecular formula is C16H23NO. The average Bonchev–Trinajstić information content (AvgIpc) is 3.01. The van der Waals surface area contributed by atoms with Crippen LogP contribution in [0.5, 0.6) is 0 Å². The Labute approximate surface area is 109 Å². The van der Waals surface area contributed by atoms with Gasteiger partial charge in [0.1, 0.15) is 11.5 Å². The van der Waals surface area contributed by atoms with Crippen LogP contribution in [0.4, 0.5) is 0 Å². The van der Waals surface area contributed by atoms with Crippen molar-refractivity contribution in [2.45, 2.75) is 39.7 Å². The zero-order valence-electron chi connectivity index (χ0n) is 11.6. The van der Waals surface area contributed by atoms with Gasteiger partial charge in [-0.25, -0.2) is 0 Å². The van der Waals surface area contributed by atoms with Gasteiger partial charge in [-0.3, -0.25) is 0 Å². The molecule has 2 bridgehead atoms. The van der Waals surface area contributed by atoms with Crippen LogP contribution >= 0.6 is 0 Å². The van der Waals surface area contributed by atoms with Gasteiger partial charge in [0.15, 0.2) is 0 Å². The molecule has 1 aromatic rings. The van der Waals surface area contributed by atoms with E-state index in [-0.39, 0.29) is 0 Å². The minimum atomic E-state index is 0.394. The summed E-state index contributed by atoms with van der Waals surface area (Å²) in [5.41, 5.74) is 1.31. The smallest absolute Gasteiger partial charge is 0.105 e. The number of rotatable bonds is 4. The number of aryl methyl sites for hydroxylation is 2. The first-order valence-corrected chi connectivity index (χ1v) is 7.12. The summed E-state index contributed by atoms with van der Waals surface area (Å²) in [7, 11) is 0. The second-order valence-corrected chi connectivity index (χ2v) is 6.04. The second kappa shape index (κ2) is 4.58.